The van der Waals surface area contributed by atoms with Gasteiger partial charge in [0.1, 0.15) is 0 Å². The molecule has 35 valence electrons. The molecule has 0 unspecified atom stereocenters. The number of hydrogen-bond donors (Lipinski definition) is 0. The van der Waals surface area contributed by atoms with Gasteiger partial charge in [-0.05, 0) is 0 Å². The molecule has 0 saturated carbocycles. The summed E-state index contributed by atoms with van der Waals surface area (Å²) in [6, 6.07) is 0. The average Bonchev–Trinajstić information content (AvgIpc) is 0. The molecule has 0 amide bonds. The molecule has 0 bridgehead atoms. The summed E-state index contributed by atoms with van der Waals surface area (Å²) in [6.07, 6.45) is 0. The van der Waals surface area contributed by atoms with Crippen molar-refractivity contribution >= 4 is 34.7 Å². The first kappa shape index (κ1) is 117. The van der Waals surface area contributed by atoms with E-state index in [9.17, 15) is 0 Å². The van der Waals surface area contributed by atoms with Gasteiger partial charge in [-0.1, -0.05) is 0 Å². The summed E-state index contributed by atoms with van der Waals surface area (Å²) in [5, 5.41) is 0. The standard InChI is InChI=1S/2Al.N.3O.2Y/q2*+3;;3*-2;;. The molecule has 8 heteroatoms. The zero-order chi connectivity index (χ0) is 0. The summed E-state index contributed by atoms with van der Waals surface area (Å²) < 4.78 is 0. The van der Waals surface area contributed by atoms with Crippen LogP contribution >= 0.6 is 0 Å². The van der Waals surface area contributed by atoms with Gasteiger partial charge in [-0.15, -0.1) is 0 Å². The minimum Gasteiger partial charge on any atom is -2.00 e. The van der Waals surface area contributed by atoms with Crippen molar-refractivity contribution in [1.82, 2.24) is 6.15 Å². The number of nitrogens with zero attached hydrogens (tertiary/aromatic N) is 1. The molecule has 0 atom stereocenters. The Morgan fingerprint density at radius 2 is 0.500 bits per heavy atom. The number of hydrogen-bond acceptors (Lipinski definition) is 0. The first-order chi connectivity index (χ1) is 0. The van der Waals surface area contributed by atoms with Crippen LogP contribution in [0.3, 0.4) is 0 Å². The minimum atomic E-state index is 0. The predicted octanol–water partition coefficient (Wildman–Crippen LogP) is -1.60. The van der Waals surface area contributed by atoms with Crippen molar-refractivity contribution in [3.05, 3.63) is 0 Å². The van der Waals surface area contributed by atoms with Crippen LogP contribution in [0.1, 0.15) is 0 Å². The summed E-state index contributed by atoms with van der Waals surface area (Å²) in [5.41, 5.74) is 0. The molecule has 0 fully saturated rings. The second kappa shape index (κ2) is 86.7. The van der Waals surface area contributed by atoms with Crippen LogP contribution in [-0.4, -0.2) is 34.7 Å². The van der Waals surface area contributed by atoms with Gasteiger partial charge >= 0.3 is 34.7 Å². The Labute approximate surface area is 120 Å². The van der Waals surface area contributed by atoms with Gasteiger partial charge in [0.15, 0.2) is 0 Å². The normalized spacial score (nSPS) is 0. The monoisotopic (exact) mass is 294 g/mol. The summed E-state index contributed by atoms with van der Waals surface area (Å²) in [7, 11) is 0. The van der Waals surface area contributed by atoms with Gasteiger partial charge < -0.3 is 16.4 Å². The van der Waals surface area contributed by atoms with Gasteiger partial charge in [0, 0.05) is 71.6 Å². The van der Waals surface area contributed by atoms with Crippen molar-refractivity contribution in [2.75, 3.05) is 0 Å². The molecule has 0 aromatic carbocycles. The van der Waals surface area contributed by atoms with Crippen molar-refractivity contribution in [1.29, 1.82) is 0 Å². The van der Waals surface area contributed by atoms with E-state index in [0.29, 0.717) is 0 Å². The summed E-state index contributed by atoms with van der Waals surface area (Å²) in [6.45, 7) is 0. The van der Waals surface area contributed by atoms with Crippen LogP contribution in [0, 0.1) is 0 Å². The van der Waals surface area contributed by atoms with Gasteiger partial charge in [0.05, 0.1) is 0 Å². The SMILES string of the molecule is [Al+3].[Al+3].[N].[O-2].[O-2].[O-2].[Y].[Y]. The van der Waals surface area contributed by atoms with E-state index >= 15 is 0 Å². The fourth-order valence-electron chi connectivity index (χ4n) is 0. The van der Waals surface area contributed by atoms with Crippen LogP contribution < -0.4 is 6.15 Å². The van der Waals surface area contributed by atoms with Crippen LogP contribution in [0.2, 0.25) is 0 Å². The van der Waals surface area contributed by atoms with E-state index in [0.717, 1.165) is 0 Å². The average molecular weight is 294 g/mol. The maximum Gasteiger partial charge on any atom is 3.00 e. The van der Waals surface area contributed by atoms with Gasteiger partial charge in [-0.2, -0.15) is 0 Å². The second-order valence-electron chi connectivity index (χ2n) is 0. The molecule has 0 aliphatic heterocycles. The third-order valence-corrected chi connectivity index (χ3v) is 0. The molecule has 0 saturated heterocycles. The van der Waals surface area contributed by atoms with E-state index in [4.69, 9.17) is 0 Å². The molecule has 0 aromatic rings. The third kappa shape index (κ3) is 61.9. The molecule has 0 aliphatic rings. The van der Waals surface area contributed by atoms with Gasteiger partial charge in [0.2, 0.25) is 0 Å². The Kier molecular flexibility index (Phi) is 1270. The Balaban J connectivity index is 0. The van der Waals surface area contributed by atoms with Gasteiger partial charge in [0.25, 0.3) is 0 Å². The molecule has 0 N–H and O–H groups in total. The summed E-state index contributed by atoms with van der Waals surface area (Å²) in [5.74, 6) is 0. The maximum atomic E-state index is 0. The van der Waals surface area contributed by atoms with E-state index < -0.39 is 0 Å². The molecule has 0 aliphatic carbocycles. The Morgan fingerprint density at radius 1 is 0.500 bits per heavy atom. The topological polar surface area (TPSA) is 116 Å². The first-order valence-electron chi connectivity index (χ1n) is 0. The smallest absolute Gasteiger partial charge is 2.00 e. The quantitative estimate of drug-likeness (QED) is 0.478. The summed E-state index contributed by atoms with van der Waals surface area (Å²) in [4.78, 5) is 0. The van der Waals surface area contributed by atoms with Crippen LogP contribution in [0.15, 0.2) is 0 Å². The van der Waals surface area contributed by atoms with E-state index in [2.05, 4.69) is 0 Å². The fourth-order valence-corrected chi connectivity index (χ4v) is 0. The van der Waals surface area contributed by atoms with E-state index in [1.54, 1.807) is 0 Å². The molecule has 0 aromatic heterocycles. The Hall–Kier alpha value is 3.11. The molecule has 0 heterocycles. The van der Waals surface area contributed by atoms with Crippen molar-refractivity contribution in [3.8, 4) is 0 Å². The van der Waals surface area contributed by atoms with E-state index in [1.807, 2.05) is 0 Å². The van der Waals surface area contributed by atoms with Crippen LogP contribution in [0.4, 0.5) is 0 Å². The second-order valence-corrected chi connectivity index (χ2v) is 0. The minimum absolute atomic E-state index is 0. The molecule has 8 heavy (non-hydrogen) atoms. The van der Waals surface area contributed by atoms with Gasteiger partial charge in [-0.3, -0.25) is 0 Å². The van der Waals surface area contributed by atoms with Crippen molar-refractivity contribution in [2.24, 2.45) is 0 Å². The molecule has 0 rings (SSSR count). The van der Waals surface area contributed by atoms with Crippen molar-refractivity contribution in [2.45, 2.75) is 0 Å². The largest absolute Gasteiger partial charge is 3.00 e. The van der Waals surface area contributed by atoms with E-state index in [-0.39, 0.29) is 123 Å². The molecule has 0 spiro atoms. The Morgan fingerprint density at radius 3 is 0.500 bits per heavy atom. The molecular weight excluding hydrogens is 294 g/mol. The van der Waals surface area contributed by atoms with Crippen LogP contribution in [-0.2, 0) is 81.8 Å². The predicted molar refractivity (Wildman–Crippen MR) is 15.7 cm³/mol. The third-order valence-electron chi connectivity index (χ3n) is 0. The van der Waals surface area contributed by atoms with Gasteiger partial charge in [-0.25, -0.2) is 0 Å². The van der Waals surface area contributed by atoms with Crippen molar-refractivity contribution in [3.63, 3.8) is 0 Å². The Bertz CT molecular complexity index is 15.2. The molecule has 5 radical (unpaired) electrons. The van der Waals surface area contributed by atoms with Crippen LogP contribution in [0.25, 0.3) is 0 Å². The molecule has 4 nitrogen and oxygen atoms in total. The molecular formula is Al2NO3Y2. The summed E-state index contributed by atoms with van der Waals surface area (Å²) >= 11 is 0. The first-order valence-corrected chi connectivity index (χ1v) is 0. The number of rotatable bonds is 0. The maximum absolute atomic E-state index is 0. The van der Waals surface area contributed by atoms with Crippen molar-refractivity contribution < 1.29 is 81.8 Å². The zero-order valence-corrected chi connectivity index (χ0v) is 12.0. The van der Waals surface area contributed by atoms with Crippen LogP contribution in [0.5, 0.6) is 0 Å². The fraction of sp³-hybridized carbons (Fsp3) is 0. The zero-order valence-electron chi connectivity index (χ0n) is 3.98. The van der Waals surface area contributed by atoms with E-state index in [1.165, 1.54) is 0 Å².